The Kier molecular flexibility index (Phi) is 4.22. The van der Waals surface area contributed by atoms with Crippen LogP contribution in [-0.2, 0) is 0 Å². The van der Waals surface area contributed by atoms with Gasteiger partial charge in [0.05, 0.1) is 14.2 Å². The number of aromatic hydroxyl groups is 1. The topological polar surface area (TPSA) is 38.7 Å². The van der Waals surface area contributed by atoms with Gasteiger partial charge in [-0.2, -0.15) is 0 Å². The van der Waals surface area contributed by atoms with E-state index in [4.69, 9.17) is 9.47 Å². The number of phenolic OH excluding ortho intramolecular Hbond substituents is 1. The predicted octanol–water partition coefficient (Wildman–Crippen LogP) is 4.09. The van der Waals surface area contributed by atoms with Gasteiger partial charge in [-0.15, -0.1) is 0 Å². The third-order valence-corrected chi connectivity index (χ3v) is 3.73. The summed E-state index contributed by atoms with van der Waals surface area (Å²) in [5.41, 5.74) is 4.81. The van der Waals surface area contributed by atoms with Gasteiger partial charge in [0.1, 0.15) is 5.75 Å². The molecule has 0 spiro atoms. The summed E-state index contributed by atoms with van der Waals surface area (Å²) in [5, 5.41) is 9.91. The van der Waals surface area contributed by atoms with Gasteiger partial charge in [-0.05, 0) is 48.2 Å². The van der Waals surface area contributed by atoms with Gasteiger partial charge < -0.3 is 14.6 Å². The summed E-state index contributed by atoms with van der Waals surface area (Å²) < 4.78 is 10.6. The van der Waals surface area contributed by atoms with Crippen LogP contribution >= 0.6 is 0 Å². The van der Waals surface area contributed by atoms with Crippen molar-refractivity contribution < 1.29 is 14.6 Å². The lowest BCUT2D eigenvalue weighted by Gasteiger charge is -2.16. The molecule has 110 valence electrons. The van der Waals surface area contributed by atoms with Gasteiger partial charge in [0.15, 0.2) is 11.5 Å². The van der Waals surface area contributed by atoms with Gasteiger partial charge in [0.25, 0.3) is 0 Å². The van der Waals surface area contributed by atoms with Crippen molar-refractivity contribution in [2.75, 3.05) is 14.2 Å². The minimum atomic E-state index is 0.0963. The Morgan fingerprint density at radius 3 is 2.33 bits per heavy atom. The molecule has 0 heterocycles. The normalized spacial score (nSPS) is 10.3. The van der Waals surface area contributed by atoms with E-state index in [0.29, 0.717) is 5.75 Å². The molecular weight excluding hydrogens is 264 g/mol. The molecule has 1 N–H and O–H groups in total. The molecule has 0 aliphatic rings. The van der Waals surface area contributed by atoms with E-state index in [0.717, 1.165) is 28.0 Å². The number of rotatable bonds is 4. The van der Waals surface area contributed by atoms with Crippen molar-refractivity contribution in [3.8, 4) is 17.2 Å². The van der Waals surface area contributed by atoms with E-state index in [9.17, 15) is 5.11 Å². The van der Waals surface area contributed by atoms with Crippen LogP contribution in [0.25, 0.3) is 5.57 Å². The summed E-state index contributed by atoms with van der Waals surface area (Å²) in [5.74, 6) is 1.35. The number of ether oxygens (including phenoxy) is 2. The first-order valence-electron chi connectivity index (χ1n) is 6.70. The minimum absolute atomic E-state index is 0.0963. The maximum atomic E-state index is 9.91. The average molecular weight is 284 g/mol. The number of aryl methyl sites for hydroxylation is 1. The number of phenols is 1. The lowest BCUT2D eigenvalue weighted by molar-refractivity contribution is 0.373. The van der Waals surface area contributed by atoms with Crippen LogP contribution in [0.5, 0.6) is 17.2 Å². The average Bonchev–Trinajstić information content (AvgIpc) is 2.49. The molecule has 3 nitrogen and oxygen atoms in total. The van der Waals surface area contributed by atoms with Crippen molar-refractivity contribution in [2.45, 2.75) is 13.8 Å². The molecule has 0 bridgehead atoms. The van der Waals surface area contributed by atoms with Crippen LogP contribution in [0.2, 0.25) is 0 Å². The van der Waals surface area contributed by atoms with Crippen molar-refractivity contribution in [1.29, 1.82) is 0 Å². The second-order valence-corrected chi connectivity index (χ2v) is 4.95. The molecule has 0 unspecified atom stereocenters. The summed E-state index contributed by atoms with van der Waals surface area (Å²) in [6.07, 6.45) is 0. The maximum Gasteiger partial charge on any atom is 0.160 e. The zero-order chi connectivity index (χ0) is 15.6. The molecule has 0 amide bonds. The number of benzene rings is 2. The van der Waals surface area contributed by atoms with E-state index < -0.39 is 0 Å². The quantitative estimate of drug-likeness (QED) is 0.919. The van der Waals surface area contributed by atoms with E-state index in [-0.39, 0.29) is 5.75 Å². The first-order chi connectivity index (χ1) is 9.99. The van der Waals surface area contributed by atoms with E-state index in [1.807, 2.05) is 32.0 Å². The summed E-state index contributed by atoms with van der Waals surface area (Å²) in [4.78, 5) is 0. The van der Waals surface area contributed by atoms with Gasteiger partial charge >= 0.3 is 0 Å². The van der Waals surface area contributed by atoms with Crippen LogP contribution in [0.4, 0.5) is 0 Å². The highest BCUT2D eigenvalue weighted by Crippen LogP contribution is 2.36. The van der Waals surface area contributed by atoms with Crippen LogP contribution in [0.1, 0.15) is 22.3 Å². The Labute approximate surface area is 125 Å². The standard InChI is InChI=1S/C18H20O3/c1-11-6-8-15(18(21-5)12(11)2)13(3)14-7-9-17(20-4)16(19)10-14/h6-10,19H,3H2,1-2,4-5H3. The Morgan fingerprint density at radius 2 is 1.76 bits per heavy atom. The van der Waals surface area contributed by atoms with Crippen molar-refractivity contribution in [2.24, 2.45) is 0 Å². The van der Waals surface area contributed by atoms with Crippen LogP contribution in [0.15, 0.2) is 36.9 Å². The Bertz CT molecular complexity index is 687. The number of methoxy groups -OCH3 is 2. The summed E-state index contributed by atoms with van der Waals surface area (Å²) in [6.45, 7) is 8.21. The van der Waals surface area contributed by atoms with Crippen molar-refractivity contribution in [3.63, 3.8) is 0 Å². The molecule has 0 saturated heterocycles. The van der Waals surface area contributed by atoms with Gasteiger partial charge in [-0.25, -0.2) is 0 Å². The van der Waals surface area contributed by atoms with Crippen LogP contribution in [-0.4, -0.2) is 19.3 Å². The number of hydrogen-bond donors (Lipinski definition) is 1. The highest BCUT2D eigenvalue weighted by Gasteiger charge is 2.14. The lowest BCUT2D eigenvalue weighted by atomic mass is 9.95. The molecular formula is C18H20O3. The third-order valence-electron chi connectivity index (χ3n) is 3.73. The lowest BCUT2D eigenvalue weighted by Crippen LogP contribution is -1.97. The molecule has 0 aromatic heterocycles. The maximum absolute atomic E-state index is 9.91. The van der Waals surface area contributed by atoms with E-state index in [1.165, 1.54) is 12.7 Å². The molecule has 3 heteroatoms. The summed E-state index contributed by atoms with van der Waals surface area (Å²) >= 11 is 0. The fourth-order valence-electron chi connectivity index (χ4n) is 2.32. The molecule has 0 aliphatic carbocycles. The predicted molar refractivity (Wildman–Crippen MR) is 85.3 cm³/mol. The van der Waals surface area contributed by atoms with Crippen LogP contribution < -0.4 is 9.47 Å². The van der Waals surface area contributed by atoms with E-state index in [1.54, 1.807) is 19.2 Å². The van der Waals surface area contributed by atoms with Gasteiger partial charge in [0.2, 0.25) is 0 Å². The van der Waals surface area contributed by atoms with E-state index in [2.05, 4.69) is 6.58 Å². The van der Waals surface area contributed by atoms with Gasteiger partial charge in [-0.3, -0.25) is 0 Å². The van der Waals surface area contributed by atoms with Crippen molar-refractivity contribution >= 4 is 5.57 Å². The molecule has 0 aliphatic heterocycles. The van der Waals surface area contributed by atoms with Gasteiger partial charge in [-0.1, -0.05) is 24.8 Å². The third kappa shape index (κ3) is 2.72. The molecule has 2 rings (SSSR count). The minimum Gasteiger partial charge on any atom is -0.504 e. The first-order valence-corrected chi connectivity index (χ1v) is 6.70. The molecule has 0 radical (unpaired) electrons. The monoisotopic (exact) mass is 284 g/mol. The molecule has 0 saturated carbocycles. The second-order valence-electron chi connectivity index (χ2n) is 4.95. The van der Waals surface area contributed by atoms with Crippen LogP contribution in [0, 0.1) is 13.8 Å². The summed E-state index contributed by atoms with van der Waals surface area (Å²) in [7, 11) is 3.18. The Morgan fingerprint density at radius 1 is 1.05 bits per heavy atom. The van der Waals surface area contributed by atoms with Crippen LogP contribution in [0.3, 0.4) is 0 Å². The highest BCUT2D eigenvalue weighted by atomic mass is 16.5. The van der Waals surface area contributed by atoms with E-state index >= 15 is 0 Å². The Hall–Kier alpha value is -2.42. The molecule has 0 atom stereocenters. The molecule has 2 aromatic carbocycles. The Balaban J connectivity index is 2.50. The second kappa shape index (κ2) is 5.92. The van der Waals surface area contributed by atoms with Crippen molar-refractivity contribution in [3.05, 3.63) is 59.2 Å². The zero-order valence-corrected chi connectivity index (χ0v) is 12.9. The zero-order valence-electron chi connectivity index (χ0n) is 12.9. The molecule has 0 fully saturated rings. The SMILES string of the molecule is C=C(c1ccc(OC)c(O)c1)c1ccc(C)c(C)c1OC. The van der Waals surface area contributed by atoms with Gasteiger partial charge in [0, 0.05) is 5.56 Å². The fraction of sp³-hybridized carbons (Fsp3) is 0.222. The molecule has 2 aromatic rings. The largest absolute Gasteiger partial charge is 0.504 e. The summed E-state index contributed by atoms with van der Waals surface area (Å²) in [6, 6.07) is 9.28. The molecule has 21 heavy (non-hydrogen) atoms. The number of hydrogen-bond acceptors (Lipinski definition) is 3. The fourth-order valence-corrected chi connectivity index (χ4v) is 2.32. The first kappa shape index (κ1) is 15.0. The van der Waals surface area contributed by atoms with Crippen molar-refractivity contribution in [1.82, 2.24) is 0 Å². The highest BCUT2D eigenvalue weighted by molar-refractivity contribution is 5.83. The smallest absolute Gasteiger partial charge is 0.160 e.